The summed E-state index contributed by atoms with van der Waals surface area (Å²) >= 11 is 0. The molecule has 1 aliphatic carbocycles. The van der Waals surface area contributed by atoms with Crippen LogP contribution in [0.15, 0.2) is 30.5 Å². The molecule has 4 rings (SSSR count). The zero-order valence-electron chi connectivity index (χ0n) is 11.6. The molecule has 0 atom stereocenters. The van der Waals surface area contributed by atoms with Crippen molar-refractivity contribution in [3.05, 3.63) is 30.5 Å². The molecule has 2 N–H and O–H groups in total. The van der Waals surface area contributed by atoms with Crippen LogP contribution in [0.3, 0.4) is 0 Å². The first-order valence-corrected chi connectivity index (χ1v) is 6.99. The molecule has 0 radical (unpaired) electrons. The lowest BCUT2D eigenvalue weighted by molar-refractivity contribution is 0.303. The first-order chi connectivity index (χ1) is 10.3. The van der Waals surface area contributed by atoms with E-state index in [4.69, 9.17) is 4.74 Å². The Morgan fingerprint density at radius 1 is 1.29 bits per heavy atom. The van der Waals surface area contributed by atoms with Crippen LogP contribution in [-0.4, -0.2) is 33.3 Å². The monoisotopic (exact) mass is 281 g/mol. The van der Waals surface area contributed by atoms with Gasteiger partial charge in [-0.2, -0.15) is 10.1 Å². The number of anilines is 1. The van der Waals surface area contributed by atoms with Crippen LogP contribution in [0.2, 0.25) is 0 Å². The van der Waals surface area contributed by atoms with E-state index in [2.05, 4.69) is 25.5 Å². The first-order valence-electron chi connectivity index (χ1n) is 6.99. The number of ether oxygens (including phenoxy) is 1. The second-order valence-corrected chi connectivity index (χ2v) is 5.12. The molecule has 0 spiro atoms. The summed E-state index contributed by atoms with van der Waals surface area (Å²) in [5.41, 5.74) is 2.57. The van der Waals surface area contributed by atoms with Crippen molar-refractivity contribution in [2.45, 2.75) is 18.9 Å². The molecule has 3 aromatic rings. The number of aromatic nitrogens is 4. The zero-order chi connectivity index (χ0) is 14.2. The van der Waals surface area contributed by atoms with Crippen LogP contribution in [0.5, 0.6) is 5.75 Å². The SMILES string of the molecule is CNc1nc(-c2cccc(OC3CC3)c2)c2cn[nH]c2n1. The summed E-state index contributed by atoms with van der Waals surface area (Å²) in [5.74, 6) is 1.45. The molecule has 1 aliphatic rings. The third kappa shape index (κ3) is 2.29. The fourth-order valence-electron chi connectivity index (χ4n) is 2.26. The van der Waals surface area contributed by atoms with Gasteiger partial charge in [-0.05, 0) is 25.0 Å². The number of rotatable bonds is 4. The van der Waals surface area contributed by atoms with Gasteiger partial charge in [0.1, 0.15) is 5.75 Å². The molecule has 2 aromatic heterocycles. The van der Waals surface area contributed by atoms with Crippen LogP contribution in [0.1, 0.15) is 12.8 Å². The van der Waals surface area contributed by atoms with Gasteiger partial charge in [0.15, 0.2) is 5.65 Å². The lowest BCUT2D eigenvalue weighted by atomic mass is 10.1. The predicted molar refractivity (Wildman–Crippen MR) is 80.3 cm³/mol. The number of fused-ring (bicyclic) bond motifs is 1. The van der Waals surface area contributed by atoms with Crippen molar-refractivity contribution in [2.24, 2.45) is 0 Å². The summed E-state index contributed by atoms with van der Waals surface area (Å²) in [6.07, 6.45) is 4.42. The Balaban J connectivity index is 1.82. The van der Waals surface area contributed by atoms with Crippen LogP contribution < -0.4 is 10.1 Å². The Kier molecular flexibility index (Phi) is 2.73. The minimum absolute atomic E-state index is 0.382. The third-order valence-corrected chi connectivity index (χ3v) is 3.47. The molecule has 1 fully saturated rings. The zero-order valence-corrected chi connectivity index (χ0v) is 11.6. The van der Waals surface area contributed by atoms with Gasteiger partial charge in [-0.3, -0.25) is 5.10 Å². The normalized spacial score (nSPS) is 14.3. The maximum Gasteiger partial charge on any atom is 0.225 e. The Morgan fingerprint density at radius 3 is 3.00 bits per heavy atom. The minimum Gasteiger partial charge on any atom is -0.490 e. The molecule has 0 unspecified atom stereocenters. The average molecular weight is 281 g/mol. The largest absolute Gasteiger partial charge is 0.490 e. The van der Waals surface area contributed by atoms with Gasteiger partial charge in [0.25, 0.3) is 0 Å². The van der Waals surface area contributed by atoms with Crippen molar-refractivity contribution in [2.75, 3.05) is 12.4 Å². The van der Waals surface area contributed by atoms with E-state index in [1.807, 2.05) is 24.3 Å². The van der Waals surface area contributed by atoms with Crippen molar-refractivity contribution >= 4 is 17.0 Å². The van der Waals surface area contributed by atoms with E-state index < -0.39 is 0 Å². The molecular weight excluding hydrogens is 266 g/mol. The molecule has 2 heterocycles. The highest BCUT2D eigenvalue weighted by atomic mass is 16.5. The van der Waals surface area contributed by atoms with Crippen LogP contribution in [-0.2, 0) is 0 Å². The van der Waals surface area contributed by atoms with Crippen molar-refractivity contribution in [1.29, 1.82) is 0 Å². The van der Waals surface area contributed by atoms with E-state index in [1.54, 1.807) is 13.2 Å². The summed E-state index contributed by atoms with van der Waals surface area (Å²) in [7, 11) is 1.80. The number of aromatic amines is 1. The summed E-state index contributed by atoms with van der Waals surface area (Å²) in [5, 5.41) is 10.8. The maximum absolute atomic E-state index is 5.86. The molecule has 0 aliphatic heterocycles. The van der Waals surface area contributed by atoms with E-state index in [0.717, 1.165) is 40.9 Å². The molecule has 0 amide bonds. The lowest BCUT2D eigenvalue weighted by Gasteiger charge is -2.08. The van der Waals surface area contributed by atoms with Gasteiger partial charge < -0.3 is 10.1 Å². The standard InChI is InChI=1S/C15H15N5O/c1-16-15-18-13(12-8-17-20-14(12)19-15)9-3-2-4-11(7-9)21-10-5-6-10/h2-4,7-8,10H,5-6H2,1H3,(H2,16,17,18,19,20). The summed E-state index contributed by atoms with van der Waals surface area (Å²) in [6.45, 7) is 0. The molecule has 0 bridgehead atoms. The molecule has 21 heavy (non-hydrogen) atoms. The third-order valence-electron chi connectivity index (χ3n) is 3.47. The van der Waals surface area contributed by atoms with Gasteiger partial charge in [0.2, 0.25) is 5.95 Å². The van der Waals surface area contributed by atoms with Crippen molar-refractivity contribution in [3.8, 4) is 17.0 Å². The molecule has 6 heteroatoms. The number of H-pyrrole nitrogens is 1. The van der Waals surface area contributed by atoms with Gasteiger partial charge in [-0.1, -0.05) is 12.1 Å². The van der Waals surface area contributed by atoms with Gasteiger partial charge in [0.05, 0.1) is 23.4 Å². The highest BCUT2D eigenvalue weighted by Gasteiger charge is 2.23. The van der Waals surface area contributed by atoms with Crippen LogP contribution >= 0.6 is 0 Å². The van der Waals surface area contributed by atoms with Gasteiger partial charge in [-0.15, -0.1) is 0 Å². The lowest BCUT2D eigenvalue weighted by Crippen LogP contribution is -1.99. The maximum atomic E-state index is 5.86. The molecule has 106 valence electrons. The van der Waals surface area contributed by atoms with Crippen LogP contribution in [0.4, 0.5) is 5.95 Å². The van der Waals surface area contributed by atoms with E-state index in [-0.39, 0.29) is 0 Å². The van der Waals surface area contributed by atoms with Crippen molar-refractivity contribution in [1.82, 2.24) is 20.2 Å². The van der Waals surface area contributed by atoms with Gasteiger partial charge in [0, 0.05) is 12.6 Å². The van der Waals surface area contributed by atoms with Crippen molar-refractivity contribution < 1.29 is 4.74 Å². The smallest absolute Gasteiger partial charge is 0.225 e. The van der Waals surface area contributed by atoms with Crippen LogP contribution in [0, 0.1) is 0 Å². The molecule has 6 nitrogen and oxygen atoms in total. The summed E-state index contributed by atoms with van der Waals surface area (Å²) in [6, 6.07) is 8.01. The Bertz CT molecular complexity index is 794. The number of nitrogens with zero attached hydrogens (tertiary/aromatic N) is 3. The fourth-order valence-corrected chi connectivity index (χ4v) is 2.26. The number of nitrogens with one attached hydrogen (secondary N) is 2. The second kappa shape index (κ2) is 4.73. The number of hydrogen-bond acceptors (Lipinski definition) is 5. The Labute approximate surface area is 121 Å². The number of hydrogen-bond donors (Lipinski definition) is 2. The highest BCUT2D eigenvalue weighted by molar-refractivity contribution is 5.90. The van der Waals surface area contributed by atoms with Crippen molar-refractivity contribution in [3.63, 3.8) is 0 Å². The van der Waals surface area contributed by atoms with E-state index in [0.29, 0.717) is 12.1 Å². The quantitative estimate of drug-likeness (QED) is 0.768. The second-order valence-electron chi connectivity index (χ2n) is 5.12. The number of benzene rings is 1. The first kappa shape index (κ1) is 12.1. The topological polar surface area (TPSA) is 75.7 Å². The molecule has 0 saturated heterocycles. The summed E-state index contributed by atoms with van der Waals surface area (Å²) in [4.78, 5) is 8.91. The van der Waals surface area contributed by atoms with Crippen LogP contribution in [0.25, 0.3) is 22.3 Å². The van der Waals surface area contributed by atoms with Gasteiger partial charge >= 0.3 is 0 Å². The molecule has 1 aromatic carbocycles. The predicted octanol–water partition coefficient (Wildman–Crippen LogP) is 2.60. The average Bonchev–Trinajstić information content (AvgIpc) is 3.20. The summed E-state index contributed by atoms with van der Waals surface area (Å²) < 4.78 is 5.86. The van der Waals surface area contributed by atoms with Gasteiger partial charge in [-0.25, -0.2) is 4.98 Å². The Hall–Kier alpha value is -2.63. The fraction of sp³-hybridized carbons (Fsp3) is 0.267. The minimum atomic E-state index is 0.382. The van der Waals surface area contributed by atoms with E-state index in [1.165, 1.54) is 0 Å². The molecular formula is C15H15N5O. The Morgan fingerprint density at radius 2 is 2.19 bits per heavy atom. The van der Waals surface area contributed by atoms with E-state index >= 15 is 0 Å². The van der Waals surface area contributed by atoms with E-state index in [9.17, 15) is 0 Å². The molecule has 1 saturated carbocycles. The highest BCUT2D eigenvalue weighted by Crippen LogP contribution is 2.31.